The lowest BCUT2D eigenvalue weighted by molar-refractivity contribution is -0.139. The minimum atomic E-state index is -4.67. The third-order valence-corrected chi connectivity index (χ3v) is 13.4. The van der Waals surface area contributed by atoms with Crippen LogP contribution in [0.1, 0.15) is 141 Å². The number of aliphatic hydroxyl groups is 2. The number of nitrogens with zero attached hydrogens (tertiary/aromatic N) is 2. The quantitative estimate of drug-likeness (QED) is 0.0548. The molecule has 0 saturated carbocycles. The first kappa shape index (κ1) is 68.7. The molecule has 0 aromatic heterocycles. The third kappa shape index (κ3) is 20.4. The van der Waals surface area contributed by atoms with Crippen molar-refractivity contribution in [1.82, 2.24) is 9.80 Å². The van der Waals surface area contributed by atoms with E-state index in [9.17, 15) is 24.6 Å². The third-order valence-electron chi connectivity index (χ3n) is 13.4. The highest BCUT2D eigenvalue weighted by atomic mass is 32.3. The highest BCUT2D eigenvalue weighted by Crippen LogP contribution is 2.33. The number of amides is 2. The van der Waals surface area contributed by atoms with Crippen molar-refractivity contribution >= 4 is 28.2 Å². The number of likely N-dealkylation sites (N-methyl/N-ethyl adjacent to an activating group) is 2. The molecule has 0 aliphatic rings. The molecular weight excluding hydrogens is 977 g/mol. The number of rotatable bonds is 17. The van der Waals surface area contributed by atoms with E-state index in [2.05, 4.69) is 6.07 Å². The van der Waals surface area contributed by atoms with E-state index >= 15 is 0 Å². The monoisotopic (exact) mass is 1060 g/mol. The van der Waals surface area contributed by atoms with Crippen molar-refractivity contribution < 1.29 is 61.4 Å². The Balaban J connectivity index is 0.00000106. The van der Waals surface area contributed by atoms with Crippen LogP contribution in [0.2, 0.25) is 0 Å². The fourth-order valence-corrected chi connectivity index (χ4v) is 8.11. The van der Waals surface area contributed by atoms with E-state index in [-0.39, 0.29) is 51.1 Å². The molecule has 5 N–H and O–H groups in total. The smallest absolute Gasteiger partial charge is 0.394 e. The predicted octanol–water partition coefficient (Wildman–Crippen LogP) is 11.3. The molecule has 0 fully saturated rings. The highest BCUT2D eigenvalue weighted by Gasteiger charge is 2.30. The van der Waals surface area contributed by atoms with E-state index < -0.39 is 34.5 Å². The second-order valence-electron chi connectivity index (χ2n) is 18.1. The molecular formula is C59H86N2O13S. The molecule has 6 atom stereocenters. The number of carbonyl (C=O) groups is 3. The lowest BCUT2D eigenvalue weighted by Crippen LogP contribution is -2.41. The van der Waals surface area contributed by atoms with Crippen molar-refractivity contribution in [3.05, 3.63) is 158 Å². The predicted molar refractivity (Wildman–Crippen MR) is 300 cm³/mol. The van der Waals surface area contributed by atoms with Crippen LogP contribution in [0.25, 0.3) is 0 Å². The number of aliphatic carboxylic acids is 1. The first-order chi connectivity index (χ1) is 34.2. The number of methoxy groups -OCH3 is 3. The summed E-state index contributed by atoms with van der Waals surface area (Å²) in [6.45, 7) is 19.6. The molecule has 5 aromatic carbocycles. The normalized spacial score (nSPS) is 12.9. The molecule has 16 heteroatoms. The van der Waals surface area contributed by atoms with Gasteiger partial charge in [0.05, 0.1) is 63.9 Å². The molecule has 0 radical (unpaired) electrons. The largest absolute Gasteiger partial charge is 0.496 e. The van der Waals surface area contributed by atoms with Crippen molar-refractivity contribution in [1.29, 1.82) is 0 Å². The van der Waals surface area contributed by atoms with Crippen LogP contribution < -0.4 is 14.2 Å². The SMILES string of the molecule is C.C.CC[C@H](C(=O)N(C)[C@@H](C)[C@@H](O)c1ccccc1)c1cc(C)c(C)c(OC)c1.CC[C@H](C(=O)O)c1cc(C)c(C)c(OC)c1.COc1cc(CC(=O)N(C)[C@@H](C)[C@@H](O)c2ccccc2)cc(C)c1C.O=S(=O)(O)O. The maximum absolute atomic E-state index is 13.2. The van der Waals surface area contributed by atoms with Gasteiger partial charge in [-0.25, -0.2) is 0 Å². The lowest BCUT2D eigenvalue weighted by atomic mass is 9.91. The zero-order valence-electron chi connectivity index (χ0n) is 45.1. The van der Waals surface area contributed by atoms with Gasteiger partial charge in [0.1, 0.15) is 17.2 Å². The van der Waals surface area contributed by atoms with Crippen LogP contribution in [0, 0.1) is 41.5 Å². The zero-order chi connectivity index (χ0) is 55.5. The van der Waals surface area contributed by atoms with Crippen molar-refractivity contribution in [3.63, 3.8) is 0 Å². The Hall–Kier alpha value is -6.30. The van der Waals surface area contributed by atoms with Crippen LogP contribution in [0.15, 0.2) is 97.1 Å². The van der Waals surface area contributed by atoms with Crippen LogP contribution in [-0.4, -0.2) is 108 Å². The van der Waals surface area contributed by atoms with E-state index in [1.165, 1.54) is 0 Å². The van der Waals surface area contributed by atoms with Gasteiger partial charge in [-0.15, -0.1) is 0 Å². The Morgan fingerprint density at radius 2 is 0.880 bits per heavy atom. The first-order valence-electron chi connectivity index (χ1n) is 24.0. The van der Waals surface area contributed by atoms with Gasteiger partial charge in [0.2, 0.25) is 11.8 Å². The van der Waals surface area contributed by atoms with Gasteiger partial charge in [0, 0.05) is 14.1 Å². The molecule has 0 aliphatic heterocycles. The molecule has 0 saturated heterocycles. The van der Waals surface area contributed by atoms with E-state index in [0.29, 0.717) is 12.8 Å². The van der Waals surface area contributed by atoms with Crippen LogP contribution >= 0.6 is 0 Å². The summed E-state index contributed by atoms with van der Waals surface area (Å²) in [5.41, 5.74) is 10.8. The van der Waals surface area contributed by atoms with E-state index in [4.69, 9.17) is 36.8 Å². The van der Waals surface area contributed by atoms with Gasteiger partial charge >= 0.3 is 16.4 Å². The lowest BCUT2D eigenvalue weighted by Gasteiger charge is -2.32. The number of carboxylic acid groups (broad SMARTS) is 1. The second kappa shape index (κ2) is 32.2. The number of ether oxygens (including phenoxy) is 3. The number of hydrogen-bond donors (Lipinski definition) is 5. The molecule has 5 rings (SSSR count). The number of benzene rings is 5. The Morgan fingerprint density at radius 1 is 0.547 bits per heavy atom. The molecule has 15 nitrogen and oxygen atoms in total. The molecule has 2 amide bonds. The average molecular weight is 1060 g/mol. The maximum Gasteiger partial charge on any atom is 0.394 e. The summed E-state index contributed by atoms with van der Waals surface area (Å²) in [5.74, 6) is 0.821. The van der Waals surface area contributed by atoms with Crippen molar-refractivity contribution in [2.24, 2.45) is 0 Å². The minimum absolute atomic E-state index is 0. The summed E-state index contributed by atoms with van der Waals surface area (Å²) >= 11 is 0. The maximum atomic E-state index is 13.2. The number of aliphatic hydroxyl groups excluding tert-OH is 2. The number of carbonyl (C=O) groups excluding carboxylic acids is 2. The number of hydrogen-bond acceptors (Lipinski definition) is 10. The molecule has 416 valence electrons. The number of aryl methyl sites for hydroxylation is 3. The van der Waals surface area contributed by atoms with E-state index in [1.807, 2.05) is 160 Å². The number of carboxylic acids is 1. The molecule has 0 unspecified atom stereocenters. The molecule has 0 bridgehead atoms. The van der Waals surface area contributed by atoms with Gasteiger partial charge in [0.25, 0.3) is 0 Å². The van der Waals surface area contributed by atoms with Gasteiger partial charge in [0.15, 0.2) is 0 Å². The van der Waals surface area contributed by atoms with Crippen LogP contribution in [0.3, 0.4) is 0 Å². The van der Waals surface area contributed by atoms with Gasteiger partial charge in [-0.2, -0.15) is 8.42 Å². The Labute approximate surface area is 448 Å². The fraction of sp³-hybridized carbons (Fsp3) is 0.441. The highest BCUT2D eigenvalue weighted by molar-refractivity contribution is 7.79. The molecule has 0 aliphatic carbocycles. The van der Waals surface area contributed by atoms with Crippen molar-refractivity contribution in [2.45, 2.75) is 139 Å². The Bertz CT molecular complexity index is 2670. The van der Waals surface area contributed by atoms with Gasteiger partial charge in [-0.3, -0.25) is 23.5 Å². The van der Waals surface area contributed by atoms with Gasteiger partial charge in [-0.05, 0) is 148 Å². The summed E-state index contributed by atoms with van der Waals surface area (Å²) in [4.78, 5) is 40.2. The standard InChI is InChI=1S/C23H31NO3.C21H27NO3.C13H18O3.2CH4.H2O4S/c1-7-20(19-13-15(2)16(3)21(14-19)27-6)23(26)24(5)17(4)22(25)18-11-9-8-10-12-18;1-14-11-17(12-19(25-5)15(14)2)13-20(23)22(4)16(3)21(24)18-9-7-6-8-10-18;1-5-11(13(14)15)10-6-8(2)9(3)12(7-10)16-4;;;1-5(2,3)4/h8-14,17,20,22,25H,7H2,1-6H3;6-12,16,21,24H,13H2,1-5H3;6-7,11H,5H2,1-4H3,(H,14,15);2*1H4;(H2,1,2,3,4)/t17-,20-,22+;16-,21+;11-;;;/m000.../s1. The summed E-state index contributed by atoms with van der Waals surface area (Å²) in [7, 11) is 3.72. The molecule has 0 heterocycles. The minimum Gasteiger partial charge on any atom is -0.496 e. The summed E-state index contributed by atoms with van der Waals surface area (Å²) in [5, 5.41) is 30.3. The van der Waals surface area contributed by atoms with E-state index in [0.717, 1.165) is 78.4 Å². The van der Waals surface area contributed by atoms with Crippen LogP contribution in [0.4, 0.5) is 0 Å². The second-order valence-corrected chi connectivity index (χ2v) is 19.0. The van der Waals surface area contributed by atoms with Crippen LogP contribution in [-0.2, 0) is 31.2 Å². The van der Waals surface area contributed by atoms with Crippen molar-refractivity contribution in [2.75, 3.05) is 35.4 Å². The topological polar surface area (TPSA) is 221 Å². The van der Waals surface area contributed by atoms with E-state index in [1.54, 1.807) is 45.2 Å². The Morgan fingerprint density at radius 3 is 1.23 bits per heavy atom. The molecule has 5 aromatic rings. The zero-order valence-corrected chi connectivity index (χ0v) is 45.9. The summed E-state index contributed by atoms with van der Waals surface area (Å²) < 4.78 is 47.7. The average Bonchev–Trinajstić information content (AvgIpc) is 3.36. The summed E-state index contributed by atoms with van der Waals surface area (Å²) in [6.07, 6.45) is 0.0976. The molecule has 0 spiro atoms. The van der Waals surface area contributed by atoms with Gasteiger partial charge < -0.3 is 39.3 Å². The Kier molecular flexibility index (Phi) is 29.5. The fourth-order valence-electron chi connectivity index (χ4n) is 8.11. The van der Waals surface area contributed by atoms with Gasteiger partial charge in [-0.1, -0.05) is 108 Å². The van der Waals surface area contributed by atoms with Crippen LogP contribution in [0.5, 0.6) is 17.2 Å². The molecule has 75 heavy (non-hydrogen) atoms. The summed E-state index contributed by atoms with van der Waals surface area (Å²) in [6, 6.07) is 29.9. The van der Waals surface area contributed by atoms with Crippen molar-refractivity contribution in [3.8, 4) is 17.2 Å². The first-order valence-corrected chi connectivity index (χ1v) is 25.4.